The molecule has 4 atom stereocenters. The van der Waals surface area contributed by atoms with Crippen LogP contribution in [-0.2, 0) is 26.6 Å². The van der Waals surface area contributed by atoms with Gasteiger partial charge < -0.3 is 15.5 Å². The average Bonchev–Trinajstić information content (AvgIpc) is 3.19. The summed E-state index contributed by atoms with van der Waals surface area (Å²) in [5, 5.41) is 5.60. The number of hydrogen-bond donors (Lipinski definition) is 2. The normalized spacial score (nSPS) is 18.5. The van der Waals surface area contributed by atoms with E-state index in [4.69, 9.17) is 0 Å². The maximum absolute atomic E-state index is 14.2. The van der Waals surface area contributed by atoms with E-state index < -0.39 is 12.1 Å². The molecule has 0 bridgehead atoms. The van der Waals surface area contributed by atoms with Crippen molar-refractivity contribution in [3.05, 3.63) is 102 Å². The van der Waals surface area contributed by atoms with Gasteiger partial charge in [-0.05, 0) is 48.4 Å². The van der Waals surface area contributed by atoms with Gasteiger partial charge in [-0.1, -0.05) is 102 Å². The first-order chi connectivity index (χ1) is 20.5. The lowest BCUT2D eigenvalue weighted by atomic mass is 9.90. The van der Waals surface area contributed by atoms with E-state index in [1.165, 1.54) is 10.8 Å². The SMILES string of the molecule is CCCC(SSCc1ccccn1)C(=O)NC1C[C@H](c2ccccc2)CCN(C(Cc2ccccc2)C(=O)NC)C1=O. The Morgan fingerprint density at radius 3 is 2.38 bits per heavy atom. The van der Waals surface area contributed by atoms with E-state index >= 15 is 0 Å². The number of amides is 3. The number of aromatic nitrogens is 1. The first-order valence-electron chi connectivity index (χ1n) is 14.6. The molecule has 0 saturated carbocycles. The highest BCUT2D eigenvalue weighted by Crippen LogP contribution is 2.34. The molecule has 1 aliphatic rings. The molecule has 2 heterocycles. The summed E-state index contributed by atoms with van der Waals surface area (Å²) >= 11 is 0. The fourth-order valence-electron chi connectivity index (χ4n) is 5.32. The number of pyridine rings is 1. The Morgan fingerprint density at radius 1 is 1.00 bits per heavy atom. The van der Waals surface area contributed by atoms with Gasteiger partial charge in [0, 0.05) is 32.0 Å². The average molecular weight is 605 g/mol. The van der Waals surface area contributed by atoms with E-state index in [0.717, 1.165) is 23.2 Å². The molecule has 7 nitrogen and oxygen atoms in total. The lowest BCUT2D eigenvalue weighted by Gasteiger charge is -2.32. The molecule has 42 heavy (non-hydrogen) atoms. The topological polar surface area (TPSA) is 91.4 Å². The summed E-state index contributed by atoms with van der Waals surface area (Å²) in [5.41, 5.74) is 3.08. The zero-order valence-corrected chi connectivity index (χ0v) is 25.9. The molecular formula is C33H40N4O3S2. The van der Waals surface area contributed by atoms with Crippen molar-refractivity contribution in [2.24, 2.45) is 0 Å². The van der Waals surface area contributed by atoms with Gasteiger partial charge in [-0.3, -0.25) is 19.4 Å². The summed E-state index contributed by atoms with van der Waals surface area (Å²) in [7, 11) is 4.74. The standard InChI is InChI=1S/C33H40N4O3S2/c1-3-12-30(42-41-23-27-17-10-11-19-35-27)32(39)36-28-22-26(25-15-8-5-9-16-25)18-20-37(33(28)40)29(31(38)34-2)21-24-13-6-4-7-14-24/h4-11,13-17,19,26,28-30H,3,12,18,20-23H2,1-2H3,(H,34,38)(H,36,39)/t26-,28?,29?,30?/m1/s1. The molecule has 0 aliphatic carbocycles. The first kappa shape index (κ1) is 31.6. The Bertz CT molecular complexity index is 1280. The highest BCUT2D eigenvalue weighted by atomic mass is 33.1. The van der Waals surface area contributed by atoms with Gasteiger partial charge in [0.2, 0.25) is 17.7 Å². The molecule has 222 valence electrons. The summed E-state index contributed by atoms with van der Waals surface area (Å²) in [6.45, 7) is 2.49. The van der Waals surface area contributed by atoms with Crippen LogP contribution in [0.15, 0.2) is 85.1 Å². The second kappa shape index (κ2) is 16.4. The van der Waals surface area contributed by atoms with Crippen LogP contribution in [0.25, 0.3) is 0 Å². The molecule has 1 aliphatic heterocycles. The van der Waals surface area contributed by atoms with E-state index in [1.807, 2.05) is 66.7 Å². The van der Waals surface area contributed by atoms with Gasteiger partial charge in [-0.15, -0.1) is 0 Å². The van der Waals surface area contributed by atoms with Gasteiger partial charge in [-0.25, -0.2) is 0 Å². The maximum atomic E-state index is 14.2. The Kier molecular flexibility index (Phi) is 12.3. The summed E-state index contributed by atoms with van der Waals surface area (Å²) in [6, 6.07) is 24.3. The van der Waals surface area contributed by atoms with Crippen LogP contribution in [0.1, 0.15) is 55.3 Å². The first-order valence-corrected chi connectivity index (χ1v) is 17.0. The van der Waals surface area contributed by atoms with Gasteiger partial charge in [0.05, 0.1) is 10.9 Å². The second-order valence-electron chi connectivity index (χ2n) is 10.5. The minimum atomic E-state index is -0.728. The maximum Gasteiger partial charge on any atom is 0.245 e. The van der Waals surface area contributed by atoms with Crippen LogP contribution in [0, 0.1) is 0 Å². The molecule has 2 N–H and O–H groups in total. The van der Waals surface area contributed by atoms with Crippen molar-refractivity contribution >= 4 is 39.3 Å². The quantitative estimate of drug-likeness (QED) is 0.255. The van der Waals surface area contributed by atoms with E-state index in [9.17, 15) is 14.4 Å². The van der Waals surface area contributed by atoms with Gasteiger partial charge in [0.1, 0.15) is 12.1 Å². The van der Waals surface area contributed by atoms with Crippen LogP contribution in [0.2, 0.25) is 0 Å². The van der Waals surface area contributed by atoms with E-state index in [2.05, 4.69) is 34.7 Å². The number of rotatable bonds is 13. The van der Waals surface area contributed by atoms with Crippen LogP contribution >= 0.6 is 21.6 Å². The molecule has 1 aromatic heterocycles. The van der Waals surface area contributed by atoms with Crippen molar-refractivity contribution in [3.8, 4) is 0 Å². The highest BCUT2D eigenvalue weighted by molar-refractivity contribution is 8.76. The molecule has 1 saturated heterocycles. The molecule has 3 amide bonds. The molecule has 2 aromatic carbocycles. The van der Waals surface area contributed by atoms with Gasteiger partial charge in [0.15, 0.2) is 0 Å². The fraction of sp³-hybridized carbons (Fsp3) is 0.394. The largest absolute Gasteiger partial charge is 0.357 e. The fourth-order valence-corrected chi connectivity index (χ4v) is 7.95. The summed E-state index contributed by atoms with van der Waals surface area (Å²) in [4.78, 5) is 47.1. The smallest absolute Gasteiger partial charge is 0.245 e. The van der Waals surface area contributed by atoms with Crippen LogP contribution in [0.5, 0.6) is 0 Å². The third kappa shape index (κ3) is 8.85. The molecule has 3 aromatic rings. The van der Waals surface area contributed by atoms with Crippen LogP contribution in [0.4, 0.5) is 0 Å². The van der Waals surface area contributed by atoms with Gasteiger partial charge in [-0.2, -0.15) is 0 Å². The Morgan fingerprint density at radius 2 is 1.71 bits per heavy atom. The van der Waals surface area contributed by atoms with Gasteiger partial charge in [0.25, 0.3) is 0 Å². The van der Waals surface area contributed by atoms with E-state index in [1.54, 1.807) is 28.9 Å². The van der Waals surface area contributed by atoms with Crippen molar-refractivity contribution in [3.63, 3.8) is 0 Å². The number of carbonyl (C=O) groups is 3. The van der Waals surface area contributed by atoms with Gasteiger partial charge >= 0.3 is 0 Å². The van der Waals surface area contributed by atoms with Crippen LogP contribution in [-0.4, -0.2) is 58.5 Å². The second-order valence-corrected chi connectivity index (χ2v) is 13.1. The monoisotopic (exact) mass is 604 g/mol. The lowest BCUT2D eigenvalue weighted by Crippen LogP contribution is -2.56. The summed E-state index contributed by atoms with van der Waals surface area (Å²) < 4.78 is 0. The molecule has 9 heteroatoms. The molecule has 4 rings (SSSR count). The Balaban J connectivity index is 1.55. The number of likely N-dealkylation sites (tertiary alicyclic amines) is 1. The molecule has 0 radical (unpaired) electrons. The predicted octanol–water partition coefficient (Wildman–Crippen LogP) is 5.38. The number of nitrogens with one attached hydrogen (secondary N) is 2. The minimum absolute atomic E-state index is 0.0725. The zero-order valence-electron chi connectivity index (χ0n) is 24.3. The third-order valence-corrected chi connectivity index (χ3v) is 10.3. The van der Waals surface area contributed by atoms with E-state index in [0.29, 0.717) is 38.0 Å². The van der Waals surface area contributed by atoms with Crippen molar-refractivity contribution in [2.75, 3.05) is 13.6 Å². The zero-order chi connectivity index (χ0) is 29.7. The van der Waals surface area contributed by atoms with Crippen molar-refractivity contribution in [1.29, 1.82) is 0 Å². The van der Waals surface area contributed by atoms with Crippen molar-refractivity contribution in [1.82, 2.24) is 20.5 Å². The highest BCUT2D eigenvalue weighted by Gasteiger charge is 2.39. The molecule has 0 spiro atoms. The number of hydrogen-bond acceptors (Lipinski definition) is 6. The van der Waals surface area contributed by atoms with Crippen molar-refractivity contribution < 1.29 is 14.4 Å². The number of nitrogens with zero attached hydrogens (tertiary/aromatic N) is 2. The van der Waals surface area contributed by atoms with Crippen molar-refractivity contribution in [2.45, 2.75) is 68.0 Å². The predicted molar refractivity (Wildman–Crippen MR) is 172 cm³/mol. The number of likely N-dealkylation sites (N-methyl/N-ethyl adjacent to an activating group) is 1. The van der Waals surface area contributed by atoms with Crippen LogP contribution in [0.3, 0.4) is 0 Å². The number of benzene rings is 2. The third-order valence-electron chi connectivity index (χ3n) is 7.56. The lowest BCUT2D eigenvalue weighted by molar-refractivity contribution is -0.142. The van der Waals surface area contributed by atoms with Crippen LogP contribution < -0.4 is 10.6 Å². The Labute approximate surface area is 257 Å². The molecular weight excluding hydrogens is 565 g/mol. The molecule has 1 fully saturated rings. The van der Waals surface area contributed by atoms with E-state index in [-0.39, 0.29) is 28.9 Å². The summed E-state index contributed by atoms with van der Waals surface area (Å²) in [5.74, 6) is 0.220. The summed E-state index contributed by atoms with van der Waals surface area (Å²) in [6.07, 6.45) is 4.92. The minimum Gasteiger partial charge on any atom is -0.357 e. The Hall–Kier alpha value is -3.30. The molecule has 3 unspecified atom stereocenters. The number of carbonyl (C=O) groups excluding carboxylic acids is 3.